The lowest BCUT2D eigenvalue weighted by molar-refractivity contribution is -0.139. The summed E-state index contributed by atoms with van der Waals surface area (Å²) in [5, 5.41) is 1.13. The minimum Gasteiger partial charge on any atom is -0.377 e. The van der Waals surface area contributed by atoms with E-state index in [0.717, 1.165) is 22.9 Å². The van der Waals surface area contributed by atoms with Crippen LogP contribution >= 0.6 is 0 Å². The number of nitrogens with one attached hydrogen (secondary N) is 1. The van der Waals surface area contributed by atoms with Crippen molar-refractivity contribution < 1.29 is 9.53 Å². The molecular formula is C21H22N2O2. The quantitative estimate of drug-likeness (QED) is 0.796. The summed E-state index contributed by atoms with van der Waals surface area (Å²) in [6.07, 6.45) is 3.21. The predicted molar refractivity (Wildman–Crippen MR) is 98.5 cm³/mol. The van der Waals surface area contributed by atoms with Gasteiger partial charge in [-0.2, -0.15) is 0 Å². The standard InChI is InChI=1S/C21H22N2O2/c24-21(13-17-14-22-20-9-5-4-8-19(17)20)23-10-11-25-15-18(23)12-16-6-2-1-3-7-16/h1-9,14,18,22H,10-13,15H2. The zero-order chi connectivity index (χ0) is 17.1. The van der Waals surface area contributed by atoms with Crippen molar-refractivity contribution in [1.29, 1.82) is 0 Å². The number of hydrogen-bond acceptors (Lipinski definition) is 2. The van der Waals surface area contributed by atoms with E-state index in [1.807, 2.05) is 47.5 Å². The molecular weight excluding hydrogens is 312 g/mol. The first kappa shape index (κ1) is 15.9. The number of amides is 1. The maximum atomic E-state index is 13.0. The first-order valence-corrected chi connectivity index (χ1v) is 8.77. The largest absolute Gasteiger partial charge is 0.377 e. The number of fused-ring (bicyclic) bond motifs is 1. The van der Waals surface area contributed by atoms with Crippen LogP contribution in [0.2, 0.25) is 0 Å². The van der Waals surface area contributed by atoms with Crippen molar-refractivity contribution in [2.24, 2.45) is 0 Å². The number of rotatable bonds is 4. The van der Waals surface area contributed by atoms with Crippen molar-refractivity contribution in [1.82, 2.24) is 9.88 Å². The monoisotopic (exact) mass is 334 g/mol. The number of carbonyl (C=O) groups excluding carboxylic acids is 1. The van der Waals surface area contributed by atoms with E-state index in [-0.39, 0.29) is 11.9 Å². The Bertz CT molecular complexity index is 856. The molecule has 1 fully saturated rings. The van der Waals surface area contributed by atoms with Crippen LogP contribution in [0.1, 0.15) is 11.1 Å². The van der Waals surface area contributed by atoms with E-state index in [1.165, 1.54) is 5.56 Å². The number of aromatic nitrogens is 1. The number of hydrogen-bond donors (Lipinski definition) is 1. The van der Waals surface area contributed by atoms with Crippen LogP contribution in [0.5, 0.6) is 0 Å². The molecule has 0 aliphatic carbocycles. The van der Waals surface area contributed by atoms with E-state index in [9.17, 15) is 4.79 Å². The van der Waals surface area contributed by atoms with Gasteiger partial charge in [-0.1, -0.05) is 48.5 Å². The molecule has 0 bridgehead atoms. The van der Waals surface area contributed by atoms with Crippen molar-refractivity contribution in [3.63, 3.8) is 0 Å². The molecule has 1 unspecified atom stereocenters. The van der Waals surface area contributed by atoms with Gasteiger partial charge in [0.1, 0.15) is 0 Å². The maximum Gasteiger partial charge on any atom is 0.227 e. The lowest BCUT2D eigenvalue weighted by atomic mass is 10.0. The normalized spacial score (nSPS) is 17.8. The van der Waals surface area contributed by atoms with Gasteiger partial charge in [0.25, 0.3) is 0 Å². The average Bonchev–Trinajstić information content (AvgIpc) is 3.06. The zero-order valence-corrected chi connectivity index (χ0v) is 14.2. The summed E-state index contributed by atoms with van der Waals surface area (Å²) in [5.74, 6) is 0.175. The highest BCUT2D eigenvalue weighted by molar-refractivity contribution is 5.89. The molecule has 1 aromatic heterocycles. The summed E-state index contributed by atoms with van der Waals surface area (Å²) >= 11 is 0. The number of H-pyrrole nitrogens is 1. The number of nitrogens with zero attached hydrogens (tertiary/aromatic N) is 1. The molecule has 2 heterocycles. The second-order valence-corrected chi connectivity index (χ2v) is 6.54. The summed E-state index contributed by atoms with van der Waals surface area (Å²) in [7, 11) is 0. The van der Waals surface area contributed by atoms with Gasteiger partial charge >= 0.3 is 0 Å². The molecule has 25 heavy (non-hydrogen) atoms. The van der Waals surface area contributed by atoms with Crippen LogP contribution in [-0.4, -0.2) is 41.6 Å². The third-order valence-corrected chi connectivity index (χ3v) is 4.88. The zero-order valence-electron chi connectivity index (χ0n) is 14.2. The third-order valence-electron chi connectivity index (χ3n) is 4.88. The molecule has 128 valence electrons. The second kappa shape index (κ2) is 7.11. The van der Waals surface area contributed by atoms with Crippen LogP contribution in [0.3, 0.4) is 0 Å². The molecule has 0 spiro atoms. The van der Waals surface area contributed by atoms with Crippen LogP contribution in [0.4, 0.5) is 0 Å². The van der Waals surface area contributed by atoms with Crippen LogP contribution < -0.4 is 0 Å². The molecule has 0 radical (unpaired) electrons. The molecule has 1 atom stereocenters. The Morgan fingerprint density at radius 3 is 2.80 bits per heavy atom. The molecule has 2 aromatic carbocycles. The van der Waals surface area contributed by atoms with Crippen LogP contribution in [-0.2, 0) is 22.4 Å². The van der Waals surface area contributed by atoms with Gasteiger partial charge in [-0.25, -0.2) is 0 Å². The number of aromatic amines is 1. The van der Waals surface area contributed by atoms with Crippen LogP contribution in [0.15, 0.2) is 60.8 Å². The first-order chi connectivity index (χ1) is 12.3. The van der Waals surface area contributed by atoms with E-state index < -0.39 is 0 Å². The SMILES string of the molecule is O=C(Cc1c[nH]c2ccccc12)N1CCOCC1Cc1ccccc1. The molecule has 1 saturated heterocycles. The van der Waals surface area contributed by atoms with E-state index in [0.29, 0.717) is 26.2 Å². The minimum atomic E-state index is 0.105. The Morgan fingerprint density at radius 2 is 1.92 bits per heavy atom. The maximum absolute atomic E-state index is 13.0. The topological polar surface area (TPSA) is 45.3 Å². The predicted octanol–water partition coefficient (Wildman–Crippen LogP) is 3.18. The molecule has 4 rings (SSSR count). The highest BCUT2D eigenvalue weighted by atomic mass is 16.5. The van der Waals surface area contributed by atoms with Gasteiger partial charge in [0.15, 0.2) is 0 Å². The summed E-state index contributed by atoms with van der Waals surface area (Å²) < 4.78 is 5.64. The summed E-state index contributed by atoms with van der Waals surface area (Å²) in [6.45, 7) is 1.89. The van der Waals surface area contributed by atoms with Crippen molar-refractivity contribution in [3.8, 4) is 0 Å². The fourth-order valence-electron chi connectivity index (χ4n) is 3.58. The Kier molecular flexibility index (Phi) is 4.53. The average molecular weight is 334 g/mol. The highest BCUT2D eigenvalue weighted by Gasteiger charge is 2.27. The minimum absolute atomic E-state index is 0.105. The third kappa shape index (κ3) is 3.44. The van der Waals surface area contributed by atoms with E-state index in [1.54, 1.807) is 0 Å². The molecule has 0 saturated carbocycles. The Morgan fingerprint density at radius 1 is 1.12 bits per heavy atom. The summed E-state index contributed by atoms with van der Waals surface area (Å²) in [6, 6.07) is 18.5. The van der Waals surface area contributed by atoms with Gasteiger partial charge in [-0.15, -0.1) is 0 Å². The number of para-hydroxylation sites is 1. The Hall–Kier alpha value is -2.59. The second-order valence-electron chi connectivity index (χ2n) is 6.54. The van der Waals surface area contributed by atoms with Gasteiger partial charge < -0.3 is 14.6 Å². The Labute approximate surface area is 147 Å². The Balaban J connectivity index is 1.51. The summed E-state index contributed by atoms with van der Waals surface area (Å²) in [5.41, 5.74) is 3.38. The lowest BCUT2D eigenvalue weighted by Gasteiger charge is -2.36. The lowest BCUT2D eigenvalue weighted by Crippen LogP contribution is -2.50. The van der Waals surface area contributed by atoms with Gasteiger partial charge in [-0.05, 0) is 23.6 Å². The van der Waals surface area contributed by atoms with Crippen molar-refractivity contribution in [2.75, 3.05) is 19.8 Å². The summed E-state index contributed by atoms with van der Waals surface area (Å²) in [4.78, 5) is 18.2. The molecule has 1 aliphatic heterocycles. The molecule has 4 nitrogen and oxygen atoms in total. The van der Waals surface area contributed by atoms with Gasteiger partial charge in [0.05, 0.1) is 25.7 Å². The highest BCUT2D eigenvalue weighted by Crippen LogP contribution is 2.20. The molecule has 1 amide bonds. The number of ether oxygens (including phenoxy) is 1. The van der Waals surface area contributed by atoms with E-state index in [4.69, 9.17) is 4.74 Å². The van der Waals surface area contributed by atoms with Crippen LogP contribution in [0.25, 0.3) is 10.9 Å². The van der Waals surface area contributed by atoms with Gasteiger partial charge in [-0.3, -0.25) is 4.79 Å². The molecule has 3 aromatic rings. The van der Waals surface area contributed by atoms with E-state index >= 15 is 0 Å². The molecule has 1 N–H and O–H groups in total. The fourth-order valence-corrected chi connectivity index (χ4v) is 3.58. The first-order valence-electron chi connectivity index (χ1n) is 8.77. The van der Waals surface area contributed by atoms with Gasteiger partial charge in [0.2, 0.25) is 5.91 Å². The van der Waals surface area contributed by atoms with Crippen LogP contribution in [0, 0.1) is 0 Å². The van der Waals surface area contributed by atoms with Crippen molar-refractivity contribution in [2.45, 2.75) is 18.9 Å². The number of carbonyl (C=O) groups is 1. The smallest absolute Gasteiger partial charge is 0.227 e. The molecule has 4 heteroatoms. The van der Waals surface area contributed by atoms with Gasteiger partial charge in [0, 0.05) is 23.6 Å². The van der Waals surface area contributed by atoms with Crippen molar-refractivity contribution in [3.05, 3.63) is 71.9 Å². The fraction of sp³-hybridized carbons (Fsp3) is 0.286. The number of morpholine rings is 1. The number of benzene rings is 2. The van der Waals surface area contributed by atoms with E-state index in [2.05, 4.69) is 23.2 Å². The van der Waals surface area contributed by atoms with Crippen molar-refractivity contribution >= 4 is 16.8 Å². The molecule has 1 aliphatic rings.